The fraction of sp³-hybridized carbons (Fsp3) is 0.200. The van der Waals surface area contributed by atoms with Gasteiger partial charge in [-0.1, -0.05) is 36.4 Å². The first-order valence-electron chi connectivity index (χ1n) is 8.26. The molecule has 0 aliphatic carbocycles. The van der Waals surface area contributed by atoms with E-state index >= 15 is 0 Å². The number of ether oxygens (including phenoxy) is 1. The zero-order valence-corrected chi connectivity index (χ0v) is 15.6. The molecule has 0 saturated heterocycles. The molecule has 3 rings (SSSR count). The summed E-state index contributed by atoms with van der Waals surface area (Å²) in [5.74, 6) is 0.645. The van der Waals surface area contributed by atoms with Crippen LogP contribution in [-0.2, 0) is 11.3 Å². The fourth-order valence-corrected chi connectivity index (χ4v) is 3.39. The van der Waals surface area contributed by atoms with Crippen LogP contribution in [0.15, 0.2) is 60.0 Å². The van der Waals surface area contributed by atoms with Gasteiger partial charge in [0, 0.05) is 29.2 Å². The summed E-state index contributed by atoms with van der Waals surface area (Å²) in [4.78, 5) is 18.8. The van der Waals surface area contributed by atoms with Gasteiger partial charge in [-0.05, 0) is 19.2 Å². The topological polar surface area (TPSA) is 54.5 Å². The van der Waals surface area contributed by atoms with Crippen LogP contribution < -0.4 is 10.1 Å². The standard InChI is InChI=1S/C20H21N3O2S/c1-23(13-19(24)21-16-9-6-10-18(11-16)25-2)12-17-14-26-20(22-17)15-7-4-3-5-8-15/h3-11,14H,12-13H2,1-2H3,(H,21,24). The van der Waals surface area contributed by atoms with Crippen LogP contribution in [0, 0.1) is 0 Å². The van der Waals surface area contributed by atoms with E-state index in [1.165, 1.54) is 0 Å². The summed E-state index contributed by atoms with van der Waals surface area (Å²) in [7, 11) is 3.51. The first-order chi connectivity index (χ1) is 12.6. The smallest absolute Gasteiger partial charge is 0.238 e. The Hall–Kier alpha value is -2.70. The van der Waals surface area contributed by atoms with Crippen molar-refractivity contribution in [1.82, 2.24) is 9.88 Å². The number of aromatic nitrogens is 1. The summed E-state index contributed by atoms with van der Waals surface area (Å²) in [6.45, 7) is 0.907. The van der Waals surface area contributed by atoms with Crippen LogP contribution in [0.1, 0.15) is 5.69 Å². The highest BCUT2D eigenvalue weighted by molar-refractivity contribution is 7.13. The van der Waals surface area contributed by atoms with Gasteiger partial charge in [-0.25, -0.2) is 4.98 Å². The van der Waals surface area contributed by atoms with Crippen LogP contribution in [0.5, 0.6) is 5.75 Å². The maximum absolute atomic E-state index is 12.2. The Morgan fingerprint density at radius 3 is 2.77 bits per heavy atom. The van der Waals surface area contributed by atoms with E-state index in [2.05, 4.69) is 10.3 Å². The lowest BCUT2D eigenvalue weighted by Crippen LogP contribution is -2.29. The van der Waals surface area contributed by atoms with Crippen molar-refractivity contribution in [2.75, 3.05) is 26.0 Å². The van der Waals surface area contributed by atoms with E-state index in [-0.39, 0.29) is 12.5 Å². The Morgan fingerprint density at radius 1 is 1.19 bits per heavy atom. The number of benzene rings is 2. The van der Waals surface area contributed by atoms with Gasteiger partial charge in [0.25, 0.3) is 0 Å². The van der Waals surface area contributed by atoms with Gasteiger partial charge < -0.3 is 10.1 Å². The lowest BCUT2D eigenvalue weighted by molar-refractivity contribution is -0.117. The SMILES string of the molecule is COc1cccc(NC(=O)CN(C)Cc2csc(-c3ccccc3)n2)c1. The molecule has 0 atom stereocenters. The molecule has 1 N–H and O–H groups in total. The Kier molecular flexibility index (Phi) is 5.99. The second kappa shape index (κ2) is 8.60. The lowest BCUT2D eigenvalue weighted by Gasteiger charge is -2.15. The lowest BCUT2D eigenvalue weighted by atomic mass is 10.2. The Balaban J connectivity index is 1.54. The Morgan fingerprint density at radius 2 is 2.00 bits per heavy atom. The van der Waals surface area contributed by atoms with Crippen LogP contribution >= 0.6 is 11.3 Å². The summed E-state index contributed by atoms with van der Waals surface area (Å²) in [5, 5.41) is 5.92. The number of hydrogen-bond acceptors (Lipinski definition) is 5. The second-order valence-electron chi connectivity index (χ2n) is 5.96. The molecule has 0 bridgehead atoms. The minimum absolute atomic E-state index is 0.0701. The fourth-order valence-electron chi connectivity index (χ4n) is 2.57. The summed E-state index contributed by atoms with van der Waals surface area (Å²) in [5.41, 5.74) is 2.80. The number of carbonyl (C=O) groups is 1. The Bertz CT molecular complexity index is 864. The van der Waals surface area contributed by atoms with Gasteiger partial charge in [-0.2, -0.15) is 0 Å². The molecular weight excluding hydrogens is 346 g/mol. The summed E-state index contributed by atoms with van der Waals surface area (Å²) in [6.07, 6.45) is 0. The first-order valence-corrected chi connectivity index (χ1v) is 9.14. The third kappa shape index (κ3) is 4.91. The van der Waals surface area contributed by atoms with Crippen molar-refractivity contribution in [3.8, 4) is 16.3 Å². The number of carbonyl (C=O) groups excluding carboxylic acids is 1. The molecule has 3 aromatic rings. The quantitative estimate of drug-likeness (QED) is 0.688. The molecule has 1 amide bonds. The molecule has 2 aromatic carbocycles. The van der Waals surface area contributed by atoms with Gasteiger partial charge >= 0.3 is 0 Å². The average Bonchev–Trinajstić information content (AvgIpc) is 3.10. The number of methoxy groups -OCH3 is 1. The number of hydrogen-bond donors (Lipinski definition) is 1. The minimum Gasteiger partial charge on any atom is -0.497 e. The zero-order valence-electron chi connectivity index (χ0n) is 14.8. The first kappa shape index (κ1) is 18.1. The van der Waals surface area contributed by atoms with Crippen molar-refractivity contribution in [2.45, 2.75) is 6.54 Å². The van der Waals surface area contributed by atoms with Crippen molar-refractivity contribution >= 4 is 22.9 Å². The Labute approximate surface area is 157 Å². The molecule has 134 valence electrons. The van der Waals surface area contributed by atoms with E-state index in [0.717, 1.165) is 22.0 Å². The molecule has 26 heavy (non-hydrogen) atoms. The zero-order chi connectivity index (χ0) is 18.4. The number of amides is 1. The molecule has 0 fully saturated rings. The number of nitrogens with zero attached hydrogens (tertiary/aromatic N) is 2. The van der Waals surface area contributed by atoms with Crippen molar-refractivity contribution in [3.05, 3.63) is 65.7 Å². The third-order valence-corrected chi connectivity index (χ3v) is 4.71. The highest BCUT2D eigenvalue weighted by Gasteiger charge is 2.11. The average molecular weight is 367 g/mol. The number of anilines is 1. The molecule has 0 spiro atoms. The molecule has 0 aliphatic rings. The van der Waals surface area contributed by atoms with E-state index < -0.39 is 0 Å². The summed E-state index contributed by atoms with van der Waals surface area (Å²) < 4.78 is 5.17. The van der Waals surface area contributed by atoms with E-state index in [4.69, 9.17) is 4.74 Å². The van der Waals surface area contributed by atoms with Crippen molar-refractivity contribution in [1.29, 1.82) is 0 Å². The number of rotatable bonds is 7. The molecule has 0 radical (unpaired) electrons. The van der Waals surface area contributed by atoms with Crippen LogP contribution in [0.2, 0.25) is 0 Å². The number of thiazole rings is 1. The largest absolute Gasteiger partial charge is 0.497 e. The molecule has 6 heteroatoms. The summed E-state index contributed by atoms with van der Waals surface area (Å²) in [6, 6.07) is 17.4. The van der Waals surface area contributed by atoms with E-state index in [1.807, 2.05) is 65.9 Å². The molecule has 0 unspecified atom stereocenters. The third-order valence-electron chi connectivity index (χ3n) is 3.77. The monoisotopic (exact) mass is 367 g/mol. The normalized spacial score (nSPS) is 10.7. The van der Waals surface area contributed by atoms with Gasteiger partial charge in [-0.15, -0.1) is 11.3 Å². The molecule has 5 nitrogen and oxygen atoms in total. The molecular formula is C20H21N3O2S. The van der Waals surface area contributed by atoms with Crippen molar-refractivity contribution < 1.29 is 9.53 Å². The van der Waals surface area contributed by atoms with Crippen LogP contribution in [0.25, 0.3) is 10.6 Å². The van der Waals surface area contributed by atoms with Crippen LogP contribution in [-0.4, -0.2) is 36.5 Å². The van der Waals surface area contributed by atoms with E-state index in [1.54, 1.807) is 24.5 Å². The van der Waals surface area contributed by atoms with Gasteiger partial charge in [-0.3, -0.25) is 9.69 Å². The number of likely N-dealkylation sites (N-methyl/N-ethyl adjacent to an activating group) is 1. The van der Waals surface area contributed by atoms with E-state index in [0.29, 0.717) is 12.3 Å². The molecule has 1 heterocycles. The molecule has 0 aliphatic heterocycles. The van der Waals surface area contributed by atoms with Gasteiger partial charge in [0.15, 0.2) is 0 Å². The maximum atomic E-state index is 12.2. The second-order valence-corrected chi connectivity index (χ2v) is 6.82. The van der Waals surface area contributed by atoms with E-state index in [9.17, 15) is 4.79 Å². The predicted molar refractivity (Wildman–Crippen MR) is 106 cm³/mol. The predicted octanol–water partition coefficient (Wildman–Crippen LogP) is 3.89. The molecule has 0 saturated carbocycles. The summed E-state index contributed by atoms with van der Waals surface area (Å²) >= 11 is 1.62. The minimum atomic E-state index is -0.0701. The highest BCUT2D eigenvalue weighted by Crippen LogP contribution is 2.23. The van der Waals surface area contributed by atoms with Crippen molar-refractivity contribution in [2.24, 2.45) is 0 Å². The van der Waals surface area contributed by atoms with Gasteiger partial charge in [0.1, 0.15) is 10.8 Å². The van der Waals surface area contributed by atoms with Crippen LogP contribution in [0.4, 0.5) is 5.69 Å². The highest BCUT2D eigenvalue weighted by atomic mass is 32.1. The van der Waals surface area contributed by atoms with Crippen LogP contribution in [0.3, 0.4) is 0 Å². The van der Waals surface area contributed by atoms with Gasteiger partial charge in [0.2, 0.25) is 5.91 Å². The maximum Gasteiger partial charge on any atom is 0.238 e. The molecule has 1 aromatic heterocycles. The number of nitrogens with one attached hydrogen (secondary N) is 1. The van der Waals surface area contributed by atoms with Gasteiger partial charge in [0.05, 0.1) is 19.3 Å². The van der Waals surface area contributed by atoms with Crippen molar-refractivity contribution in [3.63, 3.8) is 0 Å².